The van der Waals surface area contributed by atoms with E-state index < -0.39 is 17.9 Å². The van der Waals surface area contributed by atoms with Crippen LogP contribution in [-0.4, -0.2) is 13.0 Å². The Hall–Kier alpha value is -2.24. The lowest BCUT2D eigenvalue weighted by Gasteiger charge is -2.21. The number of benzene rings is 2. The van der Waals surface area contributed by atoms with Crippen LogP contribution in [0.15, 0.2) is 42.5 Å². The van der Waals surface area contributed by atoms with Crippen LogP contribution < -0.4 is 9.47 Å². The highest BCUT2D eigenvalue weighted by atomic mass is 19.4. The maximum atomic E-state index is 13.3. The smallest absolute Gasteiger partial charge is 0.395 e. The van der Waals surface area contributed by atoms with Crippen molar-refractivity contribution >= 4 is 0 Å². The number of ether oxygens (including phenoxy) is 2. The van der Waals surface area contributed by atoms with Crippen molar-refractivity contribution in [2.75, 3.05) is 6.79 Å². The highest BCUT2D eigenvalue weighted by Gasteiger charge is 2.40. The first-order valence-corrected chi connectivity index (χ1v) is 7.65. The van der Waals surface area contributed by atoms with Gasteiger partial charge in [-0.2, -0.15) is 13.2 Å². The fraction of sp³-hybridized carbons (Fsp3) is 0.333. The van der Waals surface area contributed by atoms with Crippen LogP contribution in [0.25, 0.3) is 0 Å². The number of hydrogen-bond donors (Lipinski definition) is 0. The second-order valence-electron chi connectivity index (χ2n) is 5.69. The van der Waals surface area contributed by atoms with Crippen molar-refractivity contribution in [2.45, 2.75) is 31.4 Å². The summed E-state index contributed by atoms with van der Waals surface area (Å²) >= 11 is 0. The highest BCUT2D eigenvalue weighted by molar-refractivity contribution is 5.48. The Labute approximate surface area is 137 Å². The number of halogens is 4. The van der Waals surface area contributed by atoms with Gasteiger partial charge in [0, 0.05) is 0 Å². The van der Waals surface area contributed by atoms with E-state index in [-0.39, 0.29) is 18.8 Å². The largest absolute Gasteiger partial charge is 0.454 e. The predicted octanol–water partition coefficient (Wildman–Crippen LogP) is 5.22. The monoisotopic (exact) mass is 340 g/mol. The van der Waals surface area contributed by atoms with Crippen LogP contribution >= 0.6 is 0 Å². The van der Waals surface area contributed by atoms with Gasteiger partial charge < -0.3 is 9.47 Å². The summed E-state index contributed by atoms with van der Waals surface area (Å²) in [6, 6.07) is 9.91. The van der Waals surface area contributed by atoms with Gasteiger partial charge in [-0.15, -0.1) is 0 Å². The minimum atomic E-state index is -4.37. The average molecular weight is 340 g/mol. The molecule has 128 valence electrons. The molecule has 0 radical (unpaired) electrons. The quantitative estimate of drug-likeness (QED) is 0.695. The molecule has 24 heavy (non-hydrogen) atoms. The molecule has 0 amide bonds. The molecule has 2 aromatic carbocycles. The summed E-state index contributed by atoms with van der Waals surface area (Å²) in [6.45, 7) is 0.132. The zero-order valence-electron chi connectivity index (χ0n) is 12.8. The van der Waals surface area contributed by atoms with E-state index in [1.807, 2.05) is 6.07 Å². The van der Waals surface area contributed by atoms with E-state index in [0.29, 0.717) is 24.3 Å². The zero-order valence-corrected chi connectivity index (χ0v) is 12.8. The summed E-state index contributed by atoms with van der Waals surface area (Å²) in [5, 5.41) is 0. The molecule has 0 spiro atoms. The van der Waals surface area contributed by atoms with Crippen molar-refractivity contribution in [3.05, 3.63) is 59.4 Å². The maximum Gasteiger partial charge on any atom is 0.395 e. The molecule has 0 fully saturated rings. The van der Waals surface area contributed by atoms with Crippen molar-refractivity contribution in [3.8, 4) is 11.5 Å². The van der Waals surface area contributed by atoms with E-state index >= 15 is 0 Å². The average Bonchev–Trinajstić information content (AvgIpc) is 3.01. The second-order valence-corrected chi connectivity index (χ2v) is 5.69. The lowest BCUT2D eigenvalue weighted by atomic mass is 9.92. The topological polar surface area (TPSA) is 18.5 Å². The summed E-state index contributed by atoms with van der Waals surface area (Å²) in [5.41, 5.74) is 0.923. The van der Waals surface area contributed by atoms with Crippen molar-refractivity contribution in [2.24, 2.45) is 0 Å². The normalized spacial score (nSPS) is 14.7. The van der Waals surface area contributed by atoms with Gasteiger partial charge in [0.25, 0.3) is 0 Å². The summed E-state index contributed by atoms with van der Waals surface area (Å²) in [5.74, 6) is -0.912. The molecular formula is C18H16F4O2. The molecule has 0 saturated carbocycles. The summed E-state index contributed by atoms with van der Waals surface area (Å²) in [6.07, 6.45) is -3.64. The summed E-state index contributed by atoms with van der Waals surface area (Å²) in [7, 11) is 0. The number of alkyl halides is 3. The molecule has 1 heterocycles. The molecule has 0 bridgehead atoms. The number of rotatable bonds is 5. The molecule has 0 aliphatic carbocycles. The van der Waals surface area contributed by atoms with E-state index in [9.17, 15) is 17.6 Å². The molecule has 2 aromatic rings. The van der Waals surface area contributed by atoms with E-state index in [2.05, 4.69) is 0 Å². The second kappa shape index (κ2) is 6.71. The van der Waals surface area contributed by atoms with Crippen LogP contribution in [0, 0.1) is 5.82 Å². The van der Waals surface area contributed by atoms with Gasteiger partial charge >= 0.3 is 6.18 Å². The highest BCUT2D eigenvalue weighted by Crippen LogP contribution is 2.40. The van der Waals surface area contributed by atoms with Crippen molar-refractivity contribution in [1.82, 2.24) is 0 Å². The molecule has 3 rings (SSSR count). The first-order chi connectivity index (χ1) is 11.4. The summed E-state index contributed by atoms with van der Waals surface area (Å²) in [4.78, 5) is 0. The standard InChI is InChI=1S/C18H16F4O2/c19-14-9-7-12(8-10-14)15(18(20,21)22)5-1-3-13-4-2-6-16-17(13)24-11-23-16/h2,4,6-10,15H,1,3,5,11H2. The third kappa shape index (κ3) is 3.63. The molecule has 1 unspecified atom stereocenters. The van der Waals surface area contributed by atoms with Gasteiger partial charge in [-0.25, -0.2) is 4.39 Å². The van der Waals surface area contributed by atoms with E-state index in [0.717, 1.165) is 17.7 Å². The van der Waals surface area contributed by atoms with E-state index in [1.165, 1.54) is 12.1 Å². The SMILES string of the molecule is Fc1ccc(C(CCCc2cccc3c2OCO3)C(F)(F)F)cc1. The Morgan fingerprint density at radius 2 is 1.75 bits per heavy atom. The van der Waals surface area contributed by atoms with Crippen molar-refractivity contribution in [1.29, 1.82) is 0 Å². The molecule has 0 aromatic heterocycles. The van der Waals surface area contributed by atoms with Crippen LogP contribution in [0.3, 0.4) is 0 Å². The predicted molar refractivity (Wildman–Crippen MR) is 80.7 cm³/mol. The van der Waals surface area contributed by atoms with Crippen LogP contribution in [0.2, 0.25) is 0 Å². The van der Waals surface area contributed by atoms with E-state index in [4.69, 9.17) is 9.47 Å². The zero-order chi connectivity index (χ0) is 17.2. The molecule has 0 N–H and O–H groups in total. The minimum Gasteiger partial charge on any atom is -0.454 e. The molecule has 1 aliphatic rings. The van der Waals surface area contributed by atoms with Gasteiger partial charge in [0.05, 0.1) is 5.92 Å². The number of aryl methyl sites for hydroxylation is 1. The molecule has 1 atom stereocenters. The fourth-order valence-electron chi connectivity index (χ4n) is 2.90. The Balaban J connectivity index is 1.69. The molecular weight excluding hydrogens is 324 g/mol. The molecule has 1 aliphatic heterocycles. The molecule has 6 heteroatoms. The Morgan fingerprint density at radius 3 is 2.46 bits per heavy atom. The van der Waals surface area contributed by atoms with Crippen LogP contribution in [0.1, 0.15) is 29.9 Å². The van der Waals surface area contributed by atoms with Gasteiger partial charge in [-0.05, 0) is 48.6 Å². The Bertz CT molecular complexity index is 695. The van der Waals surface area contributed by atoms with E-state index in [1.54, 1.807) is 12.1 Å². The van der Waals surface area contributed by atoms with Gasteiger partial charge in [0.2, 0.25) is 6.79 Å². The Kier molecular flexibility index (Phi) is 4.64. The minimum absolute atomic E-state index is 0.0698. The van der Waals surface area contributed by atoms with Gasteiger partial charge in [-0.3, -0.25) is 0 Å². The first kappa shape index (κ1) is 16.6. The van der Waals surface area contributed by atoms with Crippen LogP contribution in [-0.2, 0) is 6.42 Å². The Morgan fingerprint density at radius 1 is 1.00 bits per heavy atom. The maximum absolute atomic E-state index is 13.3. The summed E-state index contributed by atoms with van der Waals surface area (Å²) < 4.78 is 63.5. The van der Waals surface area contributed by atoms with Gasteiger partial charge in [0.15, 0.2) is 11.5 Å². The van der Waals surface area contributed by atoms with Gasteiger partial charge in [0.1, 0.15) is 5.82 Å². The first-order valence-electron chi connectivity index (χ1n) is 7.65. The number of hydrogen-bond acceptors (Lipinski definition) is 2. The van der Waals surface area contributed by atoms with Crippen LogP contribution in [0.5, 0.6) is 11.5 Å². The molecule has 2 nitrogen and oxygen atoms in total. The van der Waals surface area contributed by atoms with Crippen molar-refractivity contribution < 1.29 is 27.0 Å². The number of fused-ring (bicyclic) bond motifs is 1. The fourth-order valence-corrected chi connectivity index (χ4v) is 2.90. The molecule has 0 saturated heterocycles. The third-order valence-corrected chi connectivity index (χ3v) is 4.08. The van der Waals surface area contributed by atoms with Crippen molar-refractivity contribution in [3.63, 3.8) is 0 Å². The number of para-hydroxylation sites is 1. The lowest BCUT2D eigenvalue weighted by molar-refractivity contribution is -0.152. The third-order valence-electron chi connectivity index (χ3n) is 4.08. The van der Waals surface area contributed by atoms with Gasteiger partial charge in [-0.1, -0.05) is 24.3 Å². The van der Waals surface area contributed by atoms with Crippen LogP contribution in [0.4, 0.5) is 17.6 Å². The lowest BCUT2D eigenvalue weighted by Crippen LogP contribution is -2.21.